The van der Waals surface area contributed by atoms with Gasteiger partial charge in [0.1, 0.15) is 18.0 Å². The molecular weight excluding hydrogens is 248 g/mol. The van der Waals surface area contributed by atoms with Crippen molar-refractivity contribution in [3.05, 3.63) is 47.8 Å². The molecule has 0 radical (unpaired) electrons. The van der Waals surface area contributed by atoms with Crippen molar-refractivity contribution < 1.29 is 0 Å². The van der Waals surface area contributed by atoms with E-state index in [1.54, 1.807) is 6.33 Å². The van der Waals surface area contributed by atoms with Crippen LogP contribution >= 0.6 is 0 Å². The Hall–Kier alpha value is -2.10. The van der Waals surface area contributed by atoms with Gasteiger partial charge in [-0.25, -0.2) is 9.97 Å². The monoisotopic (exact) mass is 270 g/mol. The van der Waals surface area contributed by atoms with Crippen LogP contribution < -0.4 is 10.6 Å². The van der Waals surface area contributed by atoms with Crippen LogP contribution in [-0.2, 0) is 13.0 Å². The van der Waals surface area contributed by atoms with Gasteiger partial charge >= 0.3 is 0 Å². The Balaban J connectivity index is 2.15. The second-order valence-electron chi connectivity index (χ2n) is 4.67. The minimum absolute atomic E-state index is 0.778. The fourth-order valence-electron chi connectivity index (χ4n) is 2.15. The molecule has 0 atom stereocenters. The highest BCUT2D eigenvalue weighted by atomic mass is 15.1. The van der Waals surface area contributed by atoms with Gasteiger partial charge in [0.05, 0.1) is 0 Å². The molecule has 2 aromatic rings. The largest absolute Gasteiger partial charge is 0.370 e. The predicted molar refractivity (Wildman–Crippen MR) is 84.0 cm³/mol. The van der Waals surface area contributed by atoms with E-state index in [4.69, 9.17) is 0 Å². The number of benzene rings is 1. The summed E-state index contributed by atoms with van der Waals surface area (Å²) in [7, 11) is 0. The van der Waals surface area contributed by atoms with E-state index in [0.717, 1.165) is 37.6 Å². The zero-order valence-corrected chi connectivity index (χ0v) is 12.2. The molecule has 0 saturated heterocycles. The number of hydrogen-bond acceptors (Lipinski definition) is 4. The van der Waals surface area contributed by atoms with Gasteiger partial charge in [-0.1, -0.05) is 43.7 Å². The Bertz CT molecular complexity index is 525. The van der Waals surface area contributed by atoms with Crippen LogP contribution in [0.5, 0.6) is 0 Å². The molecule has 1 aromatic heterocycles. The lowest BCUT2D eigenvalue weighted by Gasteiger charge is -2.14. The maximum absolute atomic E-state index is 4.39. The fraction of sp³-hybridized carbons (Fsp3) is 0.375. The van der Waals surface area contributed by atoms with E-state index in [-0.39, 0.29) is 0 Å². The molecule has 4 heteroatoms. The van der Waals surface area contributed by atoms with Crippen LogP contribution in [0, 0.1) is 0 Å². The zero-order chi connectivity index (χ0) is 14.2. The molecule has 1 aromatic carbocycles. The molecule has 0 bridgehead atoms. The molecule has 20 heavy (non-hydrogen) atoms. The summed E-state index contributed by atoms with van der Waals surface area (Å²) in [5, 5.41) is 6.73. The van der Waals surface area contributed by atoms with Crippen LogP contribution in [0.1, 0.15) is 31.4 Å². The molecule has 0 unspecified atom stereocenters. The smallest absolute Gasteiger partial charge is 0.134 e. The first-order valence-corrected chi connectivity index (χ1v) is 7.20. The van der Waals surface area contributed by atoms with Crippen molar-refractivity contribution in [1.82, 2.24) is 9.97 Å². The Kier molecular flexibility index (Phi) is 5.35. The highest BCUT2D eigenvalue weighted by Gasteiger charge is 2.09. The van der Waals surface area contributed by atoms with Crippen LogP contribution in [0.15, 0.2) is 36.7 Å². The summed E-state index contributed by atoms with van der Waals surface area (Å²) in [5.74, 6) is 1.88. The van der Waals surface area contributed by atoms with Gasteiger partial charge in [0, 0.05) is 18.7 Å². The molecular formula is C16H22N4. The van der Waals surface area contributed by atoms with E-state index in [1.807, 2.05) is 18.2 Å². The van der Waals surface area contributed by atoms with Crippen molar-refractivity contribution in [3.8, 4) is 0 Å². The first-order chi connectivity index (χ1) is 9.85. The lowest BCUT2D eigenvalue weighted by Crippen LogP contribution is -2.10. The molecule has 0 aliphatic carbocycles. The molecule has 0 saturated carbocycles. The van der Waals surface area contributed by atoms with Gasteiger partial charge in [-0.05, 0) is 18.9 Å². The van der Waals surface area contributed by atoms with Crippen molar-refractivity contribution in [2.75, 3.05) is 17.2 Å². The van der Waals surface area contributed by atoms with Crippen molar-refractivity contribution >= 4 is 11.6 Å². The Morgan fingerprint density at radius 2 is 1.65 bits per heavy atom. The number of anilines is 2. The topological polar surface area (TPSA) is 49.8 Å². The third kappa shape index (κ3) is 3.70. The van der Waals surface area contributed by atoms with E-state index in [1.165, 1.54) is 11.1 Å². The van der Waals surface area contributed by atoms with E-state index >= 15 is 0 Å². The van der Waals surface area contributed by atoms with Crippen molar-refractivity contribution in [1.29, 1.82) is 0 Å². The Morgan fingerprint density at radius 1 is 0.950 bits per heavy atom. The lowest BCUT2D eigenvalue weighted by molar-refractivity contribution is 0.895. The molecule has 1 heterocycles. The molecule has 0 aliphatic rings. The number of hydrogen-bond donors (Lipinski definition) is 2. The fourth-order valence-corrected chi connectivity index (χ4v) is 2.15. The third-order valence-electron chi connectivity index (χ3n) is 3.09. The second kappa shape index (κ2) is 7.48. The van der Waals surface area contributed by atoms with E-state index < -0.39 is 0 Å². The van der Waals surface area contributed by atoms with Gasteiger partial charge in [0.15, 0.2) is 0 Å². The predicted octanol–water partition coefficient (Wildman–Crippen LogP) is 3.47. The maximum Gasteiger partial charge on any atom is 0.134 e. The quantitative estimate of drug-likeness (QED) is 0.809. The summed E-state index contributed by atoms with van der Waals surface area (Å²) in [6.07, 6.45) is 3.66. The van der Waals surface area contributed by atoms with Crippen LogP contribution in [-0.4, -0.2) is 16.5 Å². The molecule has 0 fully saturated rings. The zero-order valence-electron chi connectivity index (χ0n) is 12.2. The van der Waals surface area contributed by atoms with Crippen LogP contribution in [0.25, 0.3) is 0 Å². The summed E-state index contributed by atoms with van der Waals surface area (Å²) < 4.78 is 0. The van der Waals surface area contributed by atoms with Crippen molar-refractivity contribution in [2.45, 2.75) is 33.2 Å². The molecule has 2 N–H and O–H groups in total. The highest BCUT2D eigenvalue weighted by molar-refractivity contribution is 5.57. The summed E-state index contributed by atoms with van der Waals surface area (Å²) >= 11 is 0. The minimum Gasteiger partial charge on any atom is -0.370 e. The summed E-state index contributed by atoms with van der Waals surface area (Å²) in [6, 6.07) is 10.3. The van der Waals surface area contributed by atoms with Gasteiger partial charge in [0.2, 0.25) is 0 Å². The van der Waals surface area contributed by atoms with E-state index in [9.17, 15) is 0 Å². The third-order valence-corrected chi connectivity index (χ3v) is 3.09. The molecule has 4 nitrogen and oxygen atoms in total. The molecule has 2 rings (SSSR count). The molecule has 0 aliphatic heterocycles. The van der Waals surface area contributed by atoms with Gasteiger partial charge in [-0.2, -0.15) is 0 Å². The SMILES string of the molecule is CCCc1c(NCC)ncnc1NCc1ccccc1. The van der Waals surface area contributed by atoms with E-state index in [2.05, 4.69) is 46.6 Å². The minimum atomic E-state index is 0.778. The summed E-state index contributed by atoms with van der Waals surface area (Å²) in [4.78, 5) is 8.73. The number of rotatable bonds is 7. The molecule has 0 amide bonds. The van der Waals surface area contributed by atoms with Crippen LogP contribution in [0.2, 0.25) is 0 Å². The van der Waals surface area contributed by atoms with Gasteiger partial charge in [-0.15, -0.1) is 0 Å². The first kappa shape index (κ1) is 14.3. The Labute approximate surface area is 120 Å². The molecule has 0 spiro atoms. The van der Waals surface area contributed by atoms with Crippen molar-refractivity contribution in [2.24, 2.45) is 0 Å². The van der Waals surface area contributed by atoms with Gasteiger partial charge in [0.25, 0.3) is 0 Å². The molecule has 106 valence electrons. The average molecular weight is 270 g/mol. The maximum atomic E-state index is 4.39. The first-order valence-electron chi connectivity index (χ1n) is 7.20. The van der Waals surface area contributed by atoms with E-state index in [0.29, 0.717) is 0 Å². The normalized spacial score (nSPS) is 10.3. The summed E-state index contributed by atoms with van der Waals surface area (Å²) in [6.45, 7) is 5.89. The van der Waals surface area contributed by atoms with Gasteiger partial charge < -0.3 is 10.6 Å². The average Bonchev–Trinajstić information content (AvgIpc) is 2.49. The second-order valence-corrected chi connectivity index (χ2v) is 4.67. The standard InChI is InChI=1S/C16H22N4/c1-3-8-14-15(17-4-2)19-12-20-16(14)18-11-13-9-6-5-7-10-13/h5-7,9-10,12H,3-4,8,11H2,1-2H3,(H2,17,18,19,20). The lowest BCUT2D eigenvalue weighted by atomic mass is 10.1. The summed E-state index contributed by atoms with van der Waals surface area (Å²) in [5.41, 5.74) is 2.42. The van der Waals surface area contributed by atoms with Crippen LogP contribution in [0.3, 0.4) is 0 Å². The van der Waals surface area contributed by atoms with Gasteiger partial charge in [-0.3, -0.25) is 0 Å². The highest BCUT2D eigenvalue weighted by Crippen LogP contribution is 2.22. The number of aromatic nitrogens is 2. The Morgan fingerprint density at radius 3 is 2.30 bits per heavy atom. The van der Waals surface area contributed by atoms with Crippen LogP contribution in [0.4, 0.5) is 11.6 Å². The number of nitrogens with zero attached hydrogens (tertiary/aromatic N) is 2. The number of nitrogens with one attached hydrogen (secondary N) is 2. The van der Waals surface area contributed by atoms with Crippen molar-refractivity contribution in [3.63, 3.8) is 0 Å².